The van der Waals surface area contributed by atoms with Gasteiger partial charge in [0, 0.05) is 25.6 Å². The van der Waals surface area contributed by atoms with Gasteiger partial charge in [-0.05, 0) is 49.7 Å². The van der Waals surface area contributed by atoms with Crippen LogP contribution in [-0.2, 0) is 4.79 Å². The maximum Gasteiger partial charge on any atom is 0.244 e. The van der Waals surface area contributed by atoms with Crippen molar-refractivity contribution < 1.29 is 19.1 Å². The standard InChI is InChI=1S/C24H28N2O4/c1-25(2)24(28)22(17-6-4-3-5-7-17)26-12-10-18(11-13-26)23(27)19-8-9-20-21(16-19)30-15-14-29-20/h3-9,16,18,22H,10-15H2,1-2H3. The van der Waals surface area contributed by atoms with Crippen LogP contribution in [-0.4, -0.2) is 61.9 Å². The highest BCUT2D eigenvalue weighted by Crippen LogP contribution is 2.34. The lowest BCUT2D eigenvalue weighted by Crippen LogP contribution is -2.44. The summed E-state index contributed by atoms with van der Waals surface area (Å²) in [5.41, 5.74) is 1.66. The molecule has 0 spiro atoms. The molecule has 1 saturated heterocycles. The van der Waals surface area contributed by atoms with Crippen LogP contribution in [0.3, 0.4) is 0 Å². The highest BCUT2D eigenvalue weighted by Gasteiger charge is 2.34. The zero-order valence-electron chi connectivity index (χ0n) is 17.5. The predicted molar refractivity (Wildman–Crippen MR) is 114 cm³/mol. The number of ether oxygens (including phenoxy) is 2. The summed E-state index contributed by atoms with van der Waals surface area (Å²) in [6.07, 6.45) is 1.47. The monoisotopic (exact) mass is 408 g/mol. The molecule has 0 aliphatic carbocycles. The molecule has 1 amide bonds. The van der Waals surface area contributed by atoms with Crippen LogP contribution in [0.2, 0.25) is 0 Å². The summed E-state index contributed by atoms with van der Waals surface area (Å²) >= 11 is 0. The van der Waals surface area contributed by atoms with Gasteiger partial charge in [0.2, 0.25) is 5.91 Å². The minimum absolute atomic E-state index is 0.0466. The molecule has 0 radical (unpaired) electrons. The summed E-state index contributed by atoms with van der Waals surface area (Å²) in [7, 11) is 3.58. The second-order valence-corrected chi connectivity index (χ2v) is 8.08. The number of carbonyl (C=O) groups is 2. The fourth-order valence-corrected chi connectivity index (χ4v) is 4.24. The van der Waals surface area contributed by atoms with Crippen molar-refractivity contribution in [1.82, 2.24) is 9.80 Å². The second kappa shape index (κ2) is 8.88. The Morgan fingerprint density at radius 2 is 1.63 bits per heavy atom. The summed E-state index contributed by atoms with van der Waals surface area (Å²) < 4.78 is 11.2. The molecular weight excluding hydrogens is 380 g/mol. The molecule has 0 N–H and O–H groups in total. The Morgan fingerprint density at radius 1 is 0.967 bits per heavy atom. The lowest BCUT2D eigenvalue weighted by Gasteiger charge is -2.37. The van der Waals surface area contributed by atoms with Gasteiger partial charge in [0.15, 0.2) is 17.3 Å². The smallest absolute Gasteiger partial charge is 0.244 e. The molecule has 4 rings (SSSR count). The van der Waals surface area contributed by atoms with Crippen LogP contribution >= 0.6 is 0 Å². The molecule has 2 aliphatic rings. The van der Waals surface area contributed by atoms with Crippen molar-refractivity contribution in [1.29, 1.82) is 0 Å². The molecule has 0 saturated carbocycles. The Labute approximate surface area is 177 Å². The number of hydrogen-bond donors (Lipinski definition) is 0. The van der Waals surface area contributed by atoms with Gasteiger partial charge >= 0.3 is 0 Å². The average molecular weight is 408 g/mol. The summed E-state index contributed by atoms with van der Waals surface area (Å²) in [4.78, 5) is 29.8. The van der Waals surface area contributed by atoms with E-state index < -0.39 is 0 Å². The topological polar surface area (TPSA) is 59.1 Å². The van der Waals surface area contributed by atoms with Gasteiger partial charge in [0.1, 0.15) is 19.3 Å². The van der Waals surface area contributed by atoms with E-state index in [2.05, 4.69) is 4.90 Å². The predicted octanol–water partition coefficient (Wildman–Crippen LogP) is 3.18. The first-order valence-corrected chi connectivity index (χ1v) is 10.5. The van der Waals surface area contributed by atoms with Gasteiger partial charge in [-0.25, -0.2) is 0 Å². The van der Waals surface area contributed by atoms with Gasteiger partial charge < -0.3 is 14.4 Å². The van der Waals surface area contributed by atoms with E-state index in [1.54, 1.807) is 25.1 Å². The van der Waals surface area contributed by atoms with E-state index >= 15 is 0 Å². The van der Waals surface area contributed by atoms with E-state index in [0.29, 0.717) is 43.4 Å². The van der Waals surface area contributed by atoms with Crippen molar-refractivity contribution in [3.63, 3.8) is 0 Å². The van der Waals surface area contributed by atoms with Crippen LogP contribution in [0.4, 0.5) is 0 Å². The number of carbonyl (C=O) groups excluding carboxylic acids is 2. The quantitative estimate of drug-likeness (QED) is 0.712. The fraction of sp³-hybridized carbons (Fsp3) is 0.417. The number of nitrogens with zero attached hydrogens (tertiary/aromatic N) is 2. The lowest BCUT2D eigenvalue weighted by molar-refractivity contribution is -0.135. The molecule has 30 heavy (non-hydrogen) atoms. The van der Waals surface area contributed by atoms with Crippen molar-refractivity contribution in [3.05, 3.63) is 59.7 Å². The number of rotatable bonds is 5. The third kappa shape index (κ3) is 4.19. The van der Waals surface area contributed by atoms with Gasteiger partial charge in [0.25, 0.3) is 0 Å². The first kappa shape index (κ1) is 20.4. The normalized spacial score (nSPS) is 17.9. The molecule has 2 aromatic carbocycles. The maximum atomic E-state index is 13.1. The Morgan fingerprint density at radius 3 is 2.30 bits per heavy atom. The van der Waals surface area contributed by atoms with E-state index in [9.17, 15) is 9.59 Å². The zero-order chi connectivity index (χ0) is 21.1. The third-order valence-electron chi connectivity index (χ3n) is 5.88. The fourth-order valence-electron chi connectivity index (χ4n) is 4.24. The highest BCUT2D eigenvalue weighted by atomic mass is 16.6. The first-order valence-electron chi connectivity index (χ1n) is 10.5. The van der Waals surface area contributed by atoms with Gasteiger partial charge in [-0.2, -0.15) is 0 Å². The first-order chi connectivity index (χ1) is 14.5. The number of fused-ring (bicyclic) bond motifs is 1. The Balaban J connectivity index is 1.45. The number of likely N-dealkylation sites (tertiary alicyclic amines) is 1. The number of hydrogen-bond acceptors (Lipinski definition) is 5. The highest BCUT2D eigenvalue weighted by molar-refractivity contribution is 5.98. The summed E-state index contributed by atoms with van der Waals surface area (Å²) in [6.45, 7) is 2.46. The third-order valence-corrected chi connectivity index (χ3v) is 5.88. The summed E-state index contributed by atoms with van der Waals surface area (Å²) in [5, 5.41) is 0. The van der Waals surface area contributed by atoms with Crippen molar-refractivity contribution in [2.24, 2.45) is 5.92 Å². The molecule has 2 aliphatic heterocycles. The minimum atomic E-state index is -0.313. The summed E-state index contributed by atoms with van der Waals surface area (Å²) in [5.74, 6) is 1.50. The van der Waals surface area contributed by atoms with Crippen LogP contribution in [0.25, 0.3) is 0 Å². The molecule has 1 unspecified atom stereocenters. The SMILES string of the molecule is CN(C)C(=O)C(c1ccccc1)N1CCC(C(=O)c2ccc3c(c2)OCCO3)CC1. The molecule has 1 fully saturated rings. The number of benzene rings is 2. The van der Waals surface area contributed by atoms with Gasteiger partial charge in [-0.1, -0.05) is 30.3 Å². The number of likely N-dealkylation sites (N-methyl/N-ethyl adjacent to an activating group) is 1. The molecule has 2 aromatic rings. The average Bonchev–Trinajstić information content (AvgIpc) is 2.79. The van der Waals surface area contributed by atoms with Crippen molar-refractivity contribution in [3.8, 4) is 11.5 Å². The second-order valence-electron chi connectivity index (χ2n) is 8.08. The maximum absolute atomic E-state index is 13.1. The number of ketones is 1. The van der Waals surface area contributed by atoms with Crippen LogP contribution in [0.5, 0.6) is 11.5 Å². The number of piperidine rings is 1. The van der Waals surface area contributed by atoms with Gasteiger partial charge in [-0.3, -0.25) is 14.5 Å². The van der Waals surface area contributed by atoms with E-state index in [0.717, 1.165) is 18.4 Å². The van der Waals surface area contributed by atoms with Crippen LogP contribution in [0.15, 0.2) is 48.5 Å². The number of Topliss-reactive ketones (excluding diaryl/α,β-unsaturated/α-hetero) is 1. The van der Waals surface area contributed by atoms with Crippen LogP contribution in [0.1, 0.15) is 34.8 Å². The molecule has 1 atom stereocenters. The van der Waals surface area contributed by atoms with Crippen molar-refractivity contribution in [2.75, 3.05) is 40.4 Å². The summed E-state index contributed by atoms with van der Waals surface area (Å²) in [6, 6.07) is 15.0. The van der Waals surface area contributed by atoms with E-state index in [1.807, 2.05) is 42.5 Å². The molecule has 0 bridgehead atoms. The van der Waals surface area contributed by atoms with E-state index in [4.69, 9.17) is 9.47 Å². The largest absolute Gasteiger partial charge is 0.486 e. The number of amides is 1. The van der Waals surface area contributed by atoms with E-state index in [1.165, 1.54) is 0 Å². The zero-order valence-corrected chi connectivity index (χ0v) is 17.5. The van der Waals surface area contributed by atoms with E-state index in [-0.39, 0.29) is 23.7 Å². The van der Waals surface area contributed by atoms with Crippen molar-refractivity contribution >= 4 is 11.7 Å². The minimum Gasteiger partial charge on any atom is -0.486 e. The molecule has 0 aromatic heterocycles. The molecule has 6 nitrogen and oxygen atoms in total. The molecule has 2 heterocycles. The molecular formula is C24H28N2O4. The Bertz CT molecular complexity index is 905. The van der Waals surface area contributed by atoms with Gasteiger partial charge in [0.05, 0.1) is 0 Å². The molecule has 6 heteroatoms. The van der Waals surface area contributed by atoms with Crippen LogP contribution < -0.4 is 9.47 Å². The van der Waals surface area contributed by atoms with Gasteiger partial charge in [-0.15, -0.1) is 0 Å². The van der Waals surface area contributed by atoms with Crippen molar-refractivity contribution in [2.45, 2.75) is 18.9 Å². The Kier molecular flexibility index (Phi) is 6.04. The lowest BCUT2D eigenvalue weighted by atomic mass is 9.87. The molecule has 158 valence electrons. The Hall–Kier alpha value is -2.86. The van der Waals surface area contributed by atoms with Crippen LogP contribution in [0, 0.1) is 5.92 Å².